The van der Waals surface area contributed by atoms with Crippen molar-refractivity contribution in [2.24, 2.45) is 0 Å². The first kappa shape index (κ1) is 20.4. The molecule has 1 aliphatic heterocycles. The van der Waals surface area contributed by atoms with E-state index in [1.165, 1.54) is 16.3 Å². The Kier molecular flexibility index (Phi) is 4.59. The van der Waals surface area contributed by atoms with Gasteiger partial charge in [-0.25, -0.2) is 4.98 Å². The highest BCUT2D eigenvalue weighted by molar-refractivity contribution is 6.09. The highest BCUT2D eigenvalue weighted by Gasteiger charge is 2.31. The van der Waals surface area contributed by atoms with Gasteiger partial charge in [0.25, 0.3) is 0 Å². The maximum atomic E-state index is 10.3. The topological polar surface area (TPSA) is 44.5 Å². The summed E-state index contributed by atoms with van der Waals surface area (Å²) in [5.41, 5.74) is 4.05. The van der Waals surface area contributed by atoms with E-state index >= 15 is 0 Å². The minimum atomic E-state index is -0.269. The third-order valence-corrected chi connectivity index (χ3v) is 6.90. The third kappa shape index (κ3) is 3.12. The highest BCUT2D eigenvalue weighted by Crippen LogP contribution is 2.38. The van der Waals surface area contributed by atoms with E-state index in [0.717, 1.165) is 22.5 Å². The third-order valence-electron chi connectivity index (χ3n) is 6.90. The van der Waals surface area contributed by atoms with Crippen molar-refractivity contribution in [1.82, 2.24) is 14.5 Å². The Labute approximate surface area is 198 Å². The van der Waals surface area contributed by atoms with Gasteiger partial charge in [-0.1, -0.05) is 48.5 Å². The molecule has 5 heteroatoms. The molecule has 5 nitrogen and oxygen atoms in total. The molecule has 1 aliphatic rings. The Morgan fingerprint density at radius 2 is 1.56 bits per heavy atom. The van der Waals surface area contributed by atoms with Crippen molar-refractivity contribution in [1.29, 1.82) is 0 Å². The number of hydrogen-bond donors (Lipinski definition) is 1. The van der Waals surface area contributed by atoms with Crippen LogP contribution in [0.15, 0.2) is 104 Å². The maximum absolute atomic E-state index is 10.3. The number of nitrogens with zero attached hydrogens (tertiary/aromatic N) is 4. The van der Waals surface area contributed by atoms with Crippen molar-refractivity contribution >= 4 is 27.5 Å². The number of para-hydroxylation sites is 3. The lowest BCUT2D eigenvalue weighted by atomic mass is 9.92. The molecule has 0 unspecified atom stereocenters. The molecular formula is C29H26N4O. The van der Waals surface area contributed by atoms with Crippen LogP contribution in [-0.4, -0.2) is 26.2 Å². The monoisotopic (exact) mass is 446 g/mol. The number of phenols is 1. The molecule has 6 rings (SSSR count). The van der Waals surface area contributed by atoms with Crippen LogP contribution in [0.25, 0.3) is 27.6 Å². The molecule has 3 heterocycles. The Hall–Kier alpha value is -4.25. The molecule has 0 bridgehead atoms. The number of fused-ring (bicyclic) bond motifs is 3. The fraction of sp³-hybridized carbons (Fsp3) is 0.138. The zero-order valence-electron chi connectivity index (χ0n) is 19.3. The van der Waals surface area contributed by atoms with Gasteiger partial charge in [0.2, 0.25) is 0 Å². The van der Waals surface area contributed by atoms with Gasteiger partial charge in [-0.15, -0.1) is 0 Å². The van der Waals surface area contributed by atoms with Gasteiger partial charge in [0.05, 0.1) is 28.9 Å². The predicted octanol–water partition coefficient (Wildman–Crippen LogP) is 6.37. The number of rotatable bonds is 4. The van der Waals surface area contributed by atoms with Crippen molar-refractivity contribution in [3.8, 4) is 11.6 Å². The predicted molar refractivity (Wildman–Crippen MR) is 138 cm³/mol. The molecular weight excluding hydrogens is 420 g/mol. The van der Waals surface area contributed by atoms with Crippen molar-refractivity contribution in [2.45, 2.75) is 19.4 Å². The number of anilines is 1. The van der Waals surface area contributed by atoms with Crippen LogP contribution in [0.5, 0.6) is 5.75 Å². The zero-order chi connectivity index (χ0) is 23.3. The number of benzene rings is 3. The summed E-state index contributed by atoms with van der Waals surface area (Å²) >= 11 is 0. The number of phenolic OH excluding ortho intramolecular Hbond substituents is 1. The molecule has 1 N–H and O–H groups in total. The minimum absolute atomic E-state index is 0.269. The second-order valence-electron chi connectivity index (χ2n) is 9.20. The quantitative estimate of drug-likeness (QED) is 0.348. The minimum Gasteiger partial charge on any atom is -0.506 e. The molecule has 0 radical (unpaired) electrons. The fourth-order valence-corrected chi connectivity index (χ4v) is 4.90. The van der Waals surface area contributed by atoms with Crippen LogP contribution in [0.2, 0.25) is 0 Å². The summed E-state index contributed by atoms with van der Waals surface area (Å²) in [4.78, 5) is 9.02. The molecule has 0 saturated heterocycles. The first-order valence-electron chi connectivity index (χ1n) is 11.5. The summed E-state index contributed by atoms with van der Waals surface area (Å²) < 4.78 is 2.25. The van der Waals surface area contributed by atoms with E-state index in [2.05, 4.69) is 87.9 Å². The van der Waals surface area contributed by atoms with Gasteiger partial charge < -0.3 is 14.9 Å². The van der Waals surface area contributed by atoms with Crippen LogP contribution in [0.3, 0.4) is 0 Å². The van der Waals surface area contributed by atoms with E-state index in [1.807, 2.05) is 42.7 Å². The lowest BCUT2D eigenvalue weighted by Crippen LogP contribution is -2.39. The Balaban J connectivity index is 1.44. The summed E-state index contributed by atoms with van der Waals surface area (Å²) in [6.07, 6.45) is 5.97. The SMILES string of the molecule is CC(C)(c1ccc2c3ccccc3n(-c3ccccn3)c2c1)N1C=CN(c2ccccc2O)C1. The highest BCUT2D eigenvalue weighted by atomic mass is 16.3. The van der Waals surface area contributed by atoms with Crippen LogP contribution in [0.4, 0.5) is 5.69 Å². The molecule has 0 amide bonds. The van der Waals surface area contributed by atoms with E-state index in [0.29, 0.717) is 6.67 Å². The largest absolute Gasteiger partial charge is 0.506 e. The van der Waals surface area contributed by atoms with Crippen LogP contribution < -0.4 is 4.90 Å². The van der Waals surface area contributed by atoms with Crippen LogP contribution in [0.1, 0.15) is 19.4 Å². The summed E-state index contributed by atoms with van der Waals surface area (Å²) in [6, 6.07) is 28.7. The standard InChI is InChI=1S/C29H26N4O/c1-29(2,32-18-17-31(20-32)25-11-5-6-12-27(25)34)21-14-15-23-22-9-3-4-10-24(22)33(26(23)19-21)28-13-7-8-16-30-28/h3-19,34H,20H2,1-2H3. The van der Waals surface area contributed by atoms with Crippen LogP contribution >= 0.6 is 0 Å². The van der Waals surface area contributed by atoms with E-state index in [9.17, 15) is 5.11 Å². The normalized spacial score (nSPS) is 13.9. The lowest BCUT2D eigenvalue weighted by Gasteiger charge is -2.37. The van der Waals surface area contributed by atoms with Crippen LogP contribution in [0, 0.1) is 0 Å². The second kappa shape index (κ2) is 7.66. The van der Waals surface area contributed by atoms with Crippen LogP contribution in [-0.2, 0) is 5.54 Å². The first-order valence-corrected chi connectivity index (χ1v) is 11.5. The Morgan fingerprint density at radius 3 is 2.38 bits per heavy atom. The number of hydrogen-bond acceptors (Lipinski definition) is 4. The molecule has 3 aromatic carbocycles. The molecule has 168 valence electrons. The van der Waals surface area contributed by atoms with Crippen molar-refractivity contribution in [2.75, 3.05) is 11.6 Å². The first-order chi connectivity index (χ1) is 16.5. The van der Waals surface area contributed by atoms with E-state index < -0.39 is 0 Å². The van der Waals surface area contributed by atoms with E-state index in [4.69, 9.17) is 0 Å². The maximum Gasteiger partial charge on any atom is 0.139 e. The summed E-state index contributed by atoms with van der Waals surface area (Å²) in [5, 5.41) is 12.7. The molecule has 0 aliphatic carbocycles. The summed E-state index contributed by atoms with van der Waals surface area (Å²) in [7, 11) is 0. The fourth-order valence-electron chi connectivity index (χ4n) is 4.90. The average molecular weight is 447 g/mol. The molecule has 2 aromatic heterocycles. The Morgan fingerprint density at radius 1 is 0.794 bits per heavy atom. The molecule has 0 fully saturated rings. The smallest absolute Gasteiger partial charge is 0.139 e. The molecule has 0 saturated carbocycles. The second-order valence-corrected chi connectivity index (χ2v) is 9.20. The van der Waals surface area contributed by atoms with Gasteiger partial charge >= 0.3 is 0 Å². The van der Waals surface area contributed by atoms with Crippen molar-refractivity contribution in [3.63, 3.8) is 0 Å². The van der Waals surface area contributed by atoms with E-state index in [1.54, 1.807) is 6.07 Å². The van der Waals surface area contributed by atoms with Gasteiger partial charge in [-0.05, 0) is 55.8 Å². The lowest BCUT2D eigenvalue weighted by molar-refractivity contribution is 0.202. The number of aromatic nitrogens is 2. The Bertz CT molecular complexity index is 1530. The number of pyridine rings is 1. The number of aromatic hydroxyl groups is 1. The summed E-state index contributed by atoms with van der Waals surface area (Å²) in [5.74, 6) is 1.20. The van der Waals surface area contributed by atoms with Crippen molar-refractivity contribution < 1.29 is 5.11 Å². The van der Waals surface area contributed by atoms with Gasteiger partial charge in [0.1, 0.15) is 11.6 Å². The molecule has 5 aromatic rings. The van der Waals surface area contributed by atoms with Crippen molar-refractivity contribution in [3.05, 3.63) is 109 Å². The molecule has 0 atom stereocenters. The molecule has 0 spiro atoms. The van der Waals surface area contributed by atoms with Gasteiger partial charge in [-0.2, -0.15) is 0 Å². The summed E-state index contributed by atoms with van der Waals surface area (Å²) in [6.45, 7) is 5.13. The van der Waals surface area contributed by atoms with Gasteiger partial charge in [-0.3, -0.25) is 4.57 Å². The van der Waals surface area contributed by atoms with E-state index in [-0.39, 0.29) is 11.3 Å². The van der Waals surface area contributed by atoms with Gasteiger partial charge in [0.15, 0.2) is 0 Å². The molecule has 34 heavy (non-hydrogen) atoms. The van der Waals surface area contributed by atoms with Gasteiger partial charge in [0, 0.05) is 29.4 Å². The zero-order valence-corrected chi connectivity index (χ0v) is 19.3. The average Bonchev–Trinajstić information content (AvgIpc) is 3.48.